The standard InChI is InChI=1S/C26H31NO/c1-18-9-11-20(12-10-18)13-14-21-16-22(23-8-7-15-27-19(23)2)17-24(25(21)28-6)26(3,4)5/h7-12,15-17H,13-14H2,1-6H3. The van der Waals surface area contributed by atoms with Gasteiger partial charge in [0, 0.05) is 23.0 Å². The summed E-state index contributed by atoms with van der Waals surface area (Å²) in [5, 5.41) is 0. The van der Waals surface area contributed by atoms with Gasteiger partial charge in [-0.2, -0.15) is 0 Å². The van der Waals surface area contributed by atoms with Crippen molar-refractivity contribution in [1.29, 1.82) is 0 Å². The number of hydrogen-bond acceptors (Lipinski definition) is 2. The monoisotopic (exact) mass is 373 g/mol. The van der Waals surface area contributed by atoms with Gasteiger partial charge in [-0.3, -0.25) is 4.98 Å². The fraction of sp³-hybridized carbons (Fsp3) is 0.346. The minimum absolute atomic E-state index is 0.00389. The van der Waals surface area contributed by atoms with Crippen molar-refractivity contribution in [1.82, 2.24) is 4.98 Å². The van der Waals surface area contributed by atoms with Crippen LogP contribution in [0.5, 0.6) is 5.75 Å². The summed E-state index contributed by atoms with van der Waals surface area (Å²) >= 11 is 0. The maximum absolute atomic E-state index is 5.92. The Hall–Kier alpha value is -2.61. The maximum Gasteiger partial charge on any atom is 0.125 e. The zero-order valence-corrected chi connectivity index (χ0v) is 18.0. The highest BCUT2D eigenvalue weighted by atomic mass is 16.5. The molecule has 1 aromatic heterocycles. The van der Waals surface area contributed by atoms with Crippen molar-refractivity contribution in [3.05, 3.63) is 82.7 Å². The lowest BCUT2D eigenvalue weighted by molar-refractivity contribution is 0.392. The van der Waals surface area contributed by atoms with E-state index in [0.717, 1.165) is 24.3 Å². The summed E-state index contributed by atoms with van der Waals surface area (Å²) in [6.07, 6.45) is 3.80. The van der Waals surface area contributed by atoms with Crippen molar-refractivity contribution in [3.63, 3.8) is 0 Å². The third-order valence-corrected chi connectivity index (χ3v) is 5.30. The number of benzene rings is 2. The van der Waals surface area contributed by atoms with Gasteiger partial charge in [0.2, 0.25) is 0 Å². The minimum atomic E-state index is -0.00389. The van der Waals surface area contributed by atoms with Gasteiger partial charge in [0.05, 0.1) is 7.11 Å². The van der Waals surface area contributed by atoms with E-state index >= 15 is 0 Å². The summed E-state index contributed by atoms with van der Waals surface area (Å²) in [4.78, 5) is 4.49. The Balaban J connectivity index is 2.07. The van der Waals surface area contributed by atoms with Crippen LogP contribution in [0.25, 0.3) is 11.1 Å². The molecule has 0 unspecified atom stereocenters. The Labute approximate surface area is 169 Å². The number of rotatable bonds is 5. The molecule has 0 atom stereocenters. The van der Waals surface area contributed by atoms with Crippen LogP contribution in [0.1, 0.15) is 48.7 Å². The first-order chi connectivity index (χ1) is 13.3. The number of hydrogen-bond donors (Lipinski definition) is 0. The Morgan fingerprint density at radius 3 is 2.25 bits per heavy atom. The predicted molar refractivity (Wildman–Crippen MR) is 118 cm³/mol. The number of nitrogens with zero attached hydrogens (tertiary/aromatic N) is 1. The molecule has 0 spiro atoms. The second kappa shape index (κ2) is 8.18. The van der Waals surface area contributed by atoms with Crippen LogP contribution in [0.15, 0.2) is 54.7 Å². The average Bonchev–Trinajstić information content (AvgIpc) is 2.66. The van der Waals surface area contributed by atoms with Gasteiger partial charge in [-0.25, -0.2) is 0 Å². The van der Waals surface area contributed by atoms with Gasteiger partial charge in [-0.15, -0.1) is 0 Å². The fourth-order valence-corrected chi connectivity index (χ4v) is 3.65. The summed E-state index contributed by atoms with van der Waals surface area (Å²) in [5.74, 6) is 1.02. The quantitative estimate of drug-likeness (QED) is 0.512. The highest BCUT2D eigenvalue weighted by molar-refractivity contribution is 5.70. The van der Waals surface area contributed by atoms with Crippen molar-refractivity contribution in [2.75, 3.05) is 7.11 Å². The summed E-state index contributed by atoms with van der Waals surface area (Å²) in [6, 6.07) is 17.5. The highest BCUT2D eigenvalue weighted by Crippen LogP contribution is 2.39. The second-order valence-electron chi connectivity index (χ2n) is 8.59. The Morgan fingerprint density at radius 1 is 0.929 bits per heavy atom. The molecule has 0 fully saturated rings. The van der Waals surface area contributed by atoms with Crippen LogP contribution in [-0.4, -0.2) is 12.1 Å². The van der Waals surface area contributed by atoms with E-state index in [1.165, 1.54) is 33.4 Å². The normalized spacial score (nSPS) is 11.5. The van der Waals surface area contributed by atoms with E-state index in [2.05, 4.69) is 82.1 Å². The molecule has 0 aliphatic carbocycles. The molecule has 2 heteroatoms. The van der Waals surface area contributed by atoms with Crippen molar-refractivity contribution in [2.45, 2.75) is 52.9 Å². The molecular weight excluding hydrogens is 342 g/mol. The lowest BCUT2D eigenvalue weighted by atomic mass is 9.82. The van der Waals surface area contributed by atoms with Crippen LogP contribution in [-0.2, 0) is 18.3 Å². The van der Waals surface area contributed by atoms with Crippen molar-refractivity contribution in [2.24, 2.45) is 0 Å². The van der Waals surface area contributed by atoms with E-state index in [9.17, 15) is 0 Å². The lowest BCUT2D eigenvalue weighted by Crippen LogP contribution is -2.14. The lowest BCUT2D eigenvalue weighted by Gasteiger charge is -2.25. The van der Waals surface area contributed by atoms with Crippen LogP contribution in [0.4, 0.5) is 0 Å². The molecular formula is C26H31NO. The second-order valence-corrected chi connectivity index (χ2v) is 8.59. The first kappa shape index (κ1) is 20.1. The zero-order valence-electron chi connectivity index (χ0n) is 18.0. The molecule has 2 nitrogen and oxygen atoms in total. The molecule has 2 aromatic carbocycles. The molecule has 0 saturated heterocycles. The van der Waals surface area contributed by atoms with Crippen LogP contribution < -0.4 is 4.74 Å². The molecule has 28 heavy (non-hydrogen) atoms. The summed E-state index contributed by atoms with van der Waals surface area (Å²) < 4.78 is 5.92. The molecule has 3 rings (SSSR count). The summed E-state index contributed by atoms with van der Waals surface area (Å²) in [7, 11) is 1.79. The van der Waals surface area contributed by atoms with Gasteiger partial charge in [-0.1, -0.05) is 56.7 Å². The highest BCUT2D eigenvalue weighted by Gasteiger charge is 2.23. The summed E-state index contributed by atoms with van der Waals surface area (Å²) in [5.41, 5.74) is 8.61. The third-order valence-electron chi connectivity index (χ3n) is 5.30. The smallest absolute Gasteiger partial charge is 0.125 e. The molecule has 0 N–H and O–H groups in total. The molecule has 0 aliphatic rings. The van der Waals surface area contributed by atoms with Crippen LogP contribution in [0.3, 0.4) is 0 Å². The number of aryl methyl sites for hydroxylation is 4. The zero-order chi connectivity index (χ0) is 20.3. The van der Waals surface area contributed by atoms with E-state index in [4.69, 9.17) is 4.74 Å². The van der Waals surface area contributed by atoms with Gasteiger partial charge in [0.1, 0.15) is 5.75 Å². The van der Waals surface area contributed by atoms with Gasteiger partial charge in [0.15, 0.2) is 0 Å². The molecule has 0 bridgehead atoms. The number of ether oxygens (including phenoxy) is 1. The molecule has 0 radical (unpaired) electrons. The topological polar surface area (TPSA) is 22.1 Å². The van der Waals surface area contributed by atoms with Crippen molar-refractivity contribution >= 4 is 0 Å². The molecule has 3 aromatic rings. The number of pyridine rings is 1. The summed E-state index contributed by atoms with van der Waals surface area (Å²) in [6.45, 7) is 10.9. The maximum atomic E-state index is 5.92. The number of methoxy groups -OCH3 is 1. The average molecular weight is 374 g/mol. The molecule has 0 amide bonds. The third kappa shape index (κ3) is 4.44. The minimum Gasteiger partial charge on any atom is -0.496 e. The van der Waals surface area contributed by atoms with Crippen LogP contribution in [0, 0.1) is 13.8 Å². The van der Waals surface area contributed by atoms with Crippen molar-refractivity contribution in [3.8, 4) is 16.9 Å². The van der Waals surface area contributed by atoms with Gasteiger partial charge in [-0.05, 0) is 67.0 Å². The number of aromatic nitrogens is 1. The van der Waals surface area contributed by atoms with Crippen LogP contribution >= 0.6 is 0 Å². The van der Waals surface area contributed by atoms with Crippen molar-refractivity contribution < 1.29 is 4.74 Å². The molecule has 0 aliphatic heterocycles. The van der Waals surface area contributed by atoms with Gasteiger partial charge < -0.3 is 4.74 Å². The molecule has 0 saturated carbocycles. The Bertz CT molecular complexity index is 949. The first-order valence-electron chi connectivity index (χ1n) is 9.98. The van der Waals surface area contributed by atoms with Gasteiger partial charge in [0.25, 0.3) is 0 Å². The molecule has 1 heterocycles. The van der Waals surface area contributed by atoms with E-state index in [0.29, 0.717) is 0 Å². The van der Waals surface area contributed by atoms with E-state index in [1.54, 1.807) is 7.11 Å². The van der Waals surface area contributed by atoms with E-state index < -0.39 is 0 Å². The van der Waals surface area contributed by atoms with E-state index in [1.807, 2.05) is 12.3 Å². The first-order valence-corrected chi connectivity index (χ1v) is 9.98. The van der Waals surface area contributed by atoms with Crippen LogP contribution in [0.2, 0.25) is 0 Å². The molecule has 146 valence electrons. The van der Waals surface area contributed by atoms with Gasteiger partial charge >= 0.3 is 0 Å². The Morgan fingerprint density at radius 2 is 1.64 bits per heavy atom. The van der Waals surface area contributed by atoms with E-state index in [-0.39, 0.29) is 5.41 Å². The largest absolute Gasteiger partial charge is 0.496 e. The Kier molecular flexibility index (Phi) is 5.88. The predicted octanol–water partition coefficient (Wildman–Crippen LogP) is 6.46. The SMILES string of the molecule is COc1c(CCc2ccc(C)cc2)cc(-c2cccnc2C)cc1C(C)(C)C. The fourth-order valence-electron chi connectivity index (χ4n) is 3.65.